The summed E-state index contributed by atoms with van der Waals surface area (Å²) in [6, 6.07) is 5.22. The first-order valence-electron chi connectivity index (χ1n) is 9.35. The van der Waals surface area contributed by atoms with E-state index >= 15 is 0 Å². The Morgan fingerprint density at radius 1 is 1.10 bits per heavy atom. The van der Waals surface area contributed by atoms with Crippen LogP contribution in [0.4, 0.5) is 15.3 Å². The second kappa shape index (κ2) is 7.65. The van der Waals surface area contributed by atoms with Crippen molar-refractivity contribution in [2.45, 2.75) is 45.3 Å². The quantitative estimate of drug-likeness (QED) is 0.568. The molecule has 9 nitrogen and oxygen atoms in total. The monoisotopic (exact) mass is 401 g/mol. The van der Waals surface area contributed by atoms with Crippen molar-refractivity contribution in [2.75, 3.05) is 18.0 Å². The summed E-state index contributed by atoms with van der Waals surface area (Å²) in [5.74, 6) is -1.38. The van der Waals surface area contributed by atoms with Gasteiger partial charge in [-0.05, 0) is 51.5 Å². The Labute approximate surface area is 168 Å². The average Bonchev–Trinajstić information content (AvgIpc) is 3.02. The highest BCUT2D eigenvalue weighted by Gasteiger charge is 2.46. The molecule has 29 heavy (non-hydrogen) atoms. The number of imide groups is 3. The lowest BCUT2D eigenvalue weighted by Crippen LogP contribution is -2.57. The maximum atomic E-state index is 12.9. The molecular formula is C20H23N3O6. The van der Waals surface area contributed by atoms with Gasteiger partial charge < -0.3 is 9.64 Å². The number of nitrogens with zero attached hydrogens (tertiary/aromatic N) is 3. The van der Waals surface area contributed by atoms with E-state index in [4.69, 9.17) is 4.74 Å². The van der Waals surface area contributed by atoms with Crippen LogP contribution in [0.5, 0.6) is 0 Å². The molecule has 1 aromatic rings. The van der Waals surface area contributed by atoms with Crippen LogP contribution >= 0.6 is 0 Å². The van der Waals surface area contributed by atoms with Gasteiger partial charge in [0.2, 0.25) is 5.91 Å². The van der Waals surface area contributed by atoms with Gasteiger partial charge in [0.15, 0.2) is 0 Å². The van der Waals surface area contributed by atoms with Crippen LogP contribution in [0.15, 0.2) is 24.3 Å². The van der Waals surface area contributed by atoms with Gasteiger partial charge in [-0.1, -0.05) is 0 Å². The minimum absolute atomic E-state index is 0.0343. The second-order valence-corrected chi connectivity index (χ2v) is 7.94. The number of anilines is 1. The molecule has 2 heterocycles. The number of amides is 5. The van der Waals surface area contributed by atoms with Crippen molar-refractivity contribution < 1.29 is 28.7 Å². The maximum absolute atomic E-state index is 12.9. The van der Waals surface area contributed by atoms with Crippen molar-refractivity contribution in [3.63, 3.8) is 0 Å². The Balaban J connectivity index is 1.76. The van der Waals surface area contributed by atoms with Gasteiger partial charge in [0.05, 0.1) is 0 Å². The van der Waals surface area contributed by atoms with Gasteiger partial charge in [-0.2, -0.15) is 4.90 Å². The number of hydrogen-bond acceptors (Lipinski definition) is 6. The Bertz CT molecular complexity index is 858. The lowest BCUT2D eigenvalue weighted by molar-refractivity contribution is -0.150. The molecule has 2 fully saturated rings. The van der Waals surface area contributed by atoms with Gasteiger partial charge in [-0.25, -0.2) is 9.59 Å². The molecule has 0 saturated carbocycles. The second-order valence-electron chi connectivity index (χ2n) is 7.94. The normalized spacial score (nSPS) is 20.3. The molecule has 0 aromatic heterocycles. The zero-order chi connectivity index (χ0) is 21.3. The van der Waals surface area contributed by atoms with Crippen molar-refractivity contribution in [2.24, 2.45) is 0 Å². The first kappa shape index (κ1) is 20.5. The van der Waals surface area contributed by atoms with Crippen LogP contribution in [-0.2, 0) is 14.3 Å². The summed E-state index contributed by atoms with van der Waals surface area (Å²) < 4.78 is 5.17. The number of rotatable bonds is 3. The molecule has 5 amide bonds. The summed E-state index contributed by atoms with van der Waals surface area (Å²) in [5.41, 5.74) is 0.232. The smallest absolute Gasteiger partial charge is 0.424 e. The number of urea groups is 1. The van der Waals surface area contributed by atoms with Crippen LogP contribution < -0.4 is 4.90 Å². The van der Waals surface area contributed by atoms with Crippen molar-refractivity contribution in [1.82, 2.24) is 9.80 Å². The standard InChI is InChI=1S/C20H23N3O6/c1-20(2,3)29-19(28)23-16(25)9-8-15(17(23)26)22-11-10-21(18(22)27)14-6-4-13(12-24)5-7-14/h4-7,12,15H,8-11H2,1-3H3. The van der Waals surface area contributed by atoms with Gasteiger partial charge in [-0.3, -0.25) is 19.3 Å². The molecule has 0 N–H and O–H groups in total. The maximum Gasteiger partial charge on any atom is 0.424 e. The van der Waals surface area contributed by atoms with Crippen LogP contribution in [0.3, 0.4) is 0 Å². The molecule has 0 radical (unpaired) electrons. The summed E-state index contributed by atoms with van der Waals surface area (Å²) in [7, 11) is 0. The molecule has 3 rings (SSSR count). The zero-order valence-corrected chi connectivity index (χ0v) is 16.6. The molecular weight excluding hydrogens is 378 g/mol. The van der Waals surface area contributed by atoms with E-state index < -0.39 is 29.6 Å². The van der Waals surface area contributed by atoms with Gasteiger partial charge in [-0.15, -0.1) is 0 Å². The molecule has 1 aromatic carbocycles. The topological polar surface area (TPSA) is 104 Å². The van der Waals surface area contributed by atoms with E-state index in [9.17, 15) is 24.0 Å². The van der Waals surface area contributed by atoms with Crippen molar-refractivity contribution in [3.05, 3.63) is 29.8 Å². The number of carbonyl (C=O) groups is 5. The third-order valence-corrected chi connectivity index (χ3v) is 4.72. The fourth-order valence-electron chi connectivity index (χ4n) is 3.37. The number of ether oxygens (including phenoxy) is 1. The van der Waals surface area contributed by atoms with E-state index in [-0.39, 0.29) is 25.4 Å². The highest BCUT2D eigenvalue weighted by molar-refractivity contribution is 6.13. The molecule has 0 spiro atoms. The largest absolute Gasteiger partial charge is 0.443 e. The highest BCUT2D eigenvalue weighted by atomic mass is 16.6. The van der Waals surface area contributed by atoms with Gasteiger partial charge >= 0.3 is 12.1 Å². The predicted octanol–water partition coefficient (Wildman–Crippen LogP) is 2.19. The van der Waals surface area contributed by atoms with Crippen molar-refractivity contribution in [3.8, 4) is 0 Å². The first-order valence-corrected chi connectivity index (χ1v) is 9.35. The fraction of sp³-hybridized carbons (Fsp3) is 0.450. The summed E-state index contributed by atoms with van der Waals surface area (Å²) in [6.45, 7) is 5.54. The molecule has 2 aliphatic rings. The number of piperidine rings is 1. The van der Waals surface area contributed by atoms with Crippen LogP contribution in [0.1, 0.15) is 44.0 Å². The van der Waals surface area contributed by atoms with Gasteiger partial charge in [0.25, 0.3) is 5.91 Å². The number of hydrogen-bond donors (Lipinski definition) is 0. The summed E-state index contributed by atoms with van der Waals surface area (Å²) >= 11 is 0. The minimum Gasteiger partial charge on any atom is -0.443 e. The van der Waals surface area contributed by atoms with E-state index in [1.165, 1.54) is 9.80 Å². The molecule has 0 bridgehead atoms. The highest BCUT2D eigenvalue weighted by Crippen LogP contribution is 2.27. The molecule has 9 heteroatoms. The Morgan fingerprint density at radius 2 is 1.76 bits per heavy atom. The van der Waals surface area contributed by atoms with Crippen molar-refractivity contribution >= 4 is 35.9 Å². The zero-order valence-electron chi connectivity index (χ0n) is 16.6. The number of benzene rings is 1. The summed E-state index contributed by atoms with van der Waals surface area (Å²) in [4.78, 5) is 64.5. The number of carbonyl (C=O) groups excluding carboxylic acids is 5. The Kier molecular flexibility index (Phi) is 5.41. The van der Waals surface area contributed by atoms with Crippen molar-refractivity contribution in [1.29, 1.82) is 0 Å². The third-order valence-electron chi connectivity index (χ3n) is 4.72. The molecule has 0 aliphatic carbocycles. The van der Waals surface area contributed by atoms with Crippen LogP contribution in [-0.4, -0.2) is 64.8 Å². The predicted molar refractivity (Wildman–Crippen MR) is 102 cm³/mol. The molecule has 1 unspecified atom stereocenters. The van der Waals surface area contributed by atoms with Crippen LogP contribution in [0, 0.1) is 0 Å². The molecule has 2 aliphatic heterocycles. The number of aldehydes is 1. The van der Waals surface area contributed by atoms with Gasteiger partial charge in [0, 0.05) is 30.8 Å². The van der Waals surface area contributed by atoms with E-state index in [0.717, 1.165) is 0 Å². The Hall–Kier alpha value is -3.23. The third kappa shape index (κ3) is 4.13. The molecule has 154 valence electrons. The SMILES string of the molecule is CC(C)(C)OC(=O)N1C(=O)CCC(N2CCN(c3ccc(C=O)cc3)C2=O)C1=O. The fourth-order valence-corrected chi connectivity index (χ4v) is 3.37. The number of likely N-dealkylation sites (tertiary alicyclic amines) is 1. The van der Waals surface area contributed by atoms with E-state index in [1.54, 1.807) is 45.0 Å². The molecule has 1 atom stereocenters. The average molecular weight is 401 g/mol. The Morgan fingerprint density at radius 3 is 2.34 bits per heavy atom. The summed E-state index contributed by atoms with van der Waals surface area (Å²) in [6.07, 6.45) is -0.191. The van der Waals surface area contributed by atoms with E-state index in [0.29, 0.717) is 29.0 Å². The van der Waals surface area contributed by atoms with E-state index in [1.807, 2.05) is 0 Å². The molecule has 2 saturated heterocycles. The minimum atomic E-state index is -1.02. The van der Waals surface area contributed by atoms with Crippen LogP contribution in [0.2, 0.25) is 0 Å². The lowest BCUT2D eigenvalue weighted by atomic mass is 10.0. The lowest BCUT2D eigenvalue weighted by Gasteiger charge is -2.34. The van der Waals surface area contributed by atoms with Gasteiger partial charge in [0.1, 0.15) is 17.9 Å². The van der Waals surface area contributed by atoms with E-state index in [2.05, 4.69) is 0 Å². The summed E-state index contributed by atoms with van der Waals surface area (Å²) in [5, 5.41) is 0. The first-order chi connectivity index (χ1) is 13.6. The van der Waals surface area contributed by atoms with Crippen LogP contribution in [0.25, 0.3) is 0 Å².